The Morgan fingerprint density at radius 1 is 1.43 bits per heavy atom. The fourth-order valence-electron chi connectivity index (χ4n) is 1.61. The fraction of sp³-hybridized carbons (Fsp3) is 0.455. The molecule has 1 aromatic rings. The van der Waals surface area contributed by atoms with E-state index in [9.17, 15) is 0 Å². The highest BCUT2D eigenvalue weighted by atomic mass is 79.9. The molecule has 3 heteroatoms. The zero-order chi connectivity index (χ0) is 10.8. The molecule has 0 bridgehead atoms. The quantitative estimate of drug-likeness (QED) is 0.846. The molecule has 0 atom stereocenters. The fourth-order valence-corrected chi connectivity index (χ4v) is 1.97. The number of benzene rings is 1. The highest BCUT2D eigenvalue weighted by Gasteiger charge is 2.22. The molecule has 0 amide bonds. The maximum Gasteiger partial charge on any atom is 0.0770 e. The van der Waals surface area contributed by atoms with E-state index in [2.05, 4.69) is 48.8 Å². The summed E-state index contributed by atoms with van der Waals surface area (Å²) in [4.78, 5) is 4.74. The molecule has 14 heavy (non-hydrogen) atoms. The Morgan fingerprint density at radius 3 is 2.64 bits per heavy atom. The minimum absolute atomic E-state index is 0.0530. The van der Waals surface area contributed by atoms with Crippen LogP contribution in [0.15, 0.2) is 22.7 Å². The maximum atomic E-state index is 5.13. The lowest BCUT2D eigenvalue weighted by Crippen LogP contribution is -2.27. The summed E-state index contributed by atoms with van der Waals surface area (Å²) in [7, 11) is 0. The van der Waals surface area contributed by atoms with Crippen LogP contribution in [0.1, 0.15) is 25.0 Å². The summed E-state index contributed by atoms with van der Waals surface area (Å²) in [6.07, 6.45) is 0. The third-order valence-corrected chi connectivity index (χ3v) is 2.87. The molecule has 0 aliphatic rings. The van der Waals surface area contributed by atoms with E-state index in [4.69, 9.17) is 10.7 Å². The van der Waals surface area contributed by atoms with Crippen molar-refractivity contribution in [2.75, 3.05) is 6.61 Å². The van der Waals surface area contributed by atoms with Gasteiger partial charge in [-0.3, -0.25) is 0 Å². The van der Waals surface area contributed by atoms with Gasteiger partial charge in [0.05, 0.1) is 6.61 Å². The Hall–Kier alpha value is -0.380. The van der Waals surface area contributed by atoms with E-state index in [1.54, 1.807) is 0 Å². The Balaban J connectivity index is 3.10. The molecule has 0 fully saturated rings. The summed E-state index contributed by atoms with van der Waals surface area (Å²) in [6, 6.07) is 6.25. The summed E-state index contributed by atoms with van der Waals surface area (Å²) in [5.41, 5.74) is 2.47. The Labute approximate surface area is 93.5 Å². The number of rotatable bonds is 3. The largest absolute Gasteiger partial charge is 0.304 e. The van der Waals surface area contributed by atoms with Gasteiger partial charge in [0.25, 0.3) is 0 Å². The van der Waals surface area contributed by atoms with Gasteiger partial charge in [0.1, 0.15) is 0 Å². The Morgan fingerprint density at radius 2 is 2.07 bits per heavy atom. The van der Waals surface area contributed by atoms with E-state index in [0.717, 1.165) is 4.47 Å². The van der Waals surface area contributed by atoms with Crippen LogP contribution in [0, 0.1) is 6.92 Å². The average Bonchev–Trinajstić information content (AvgIpc) is 2.09. The molecule has 0 saturated heterocycles. The van der Waals surface area contributed by atoms with Crippen molar-refractivity contribution in [3.63, 3.8) is 0 Å². The molecule has 0 unspecified atom stereocenters. The third kappa shape index (κ3) is 2.56. The zero-order valence-corrected chi connectivity index (χ0v) is 10.4. The van der Waals surface area contributed by atoms with Crippen LogP contribution in [-0.4, -0.2) is 6.61 Å². The van der Waals surface area contributed by atoms with Crippen LogP contribution in [0.5, 0.6) is 0 Å². The van der Waals surface area contributed by atoms with Gasteiger partial charge in [0, 0.05) is 9.89 Å². The summed E-state index contributed by atoms with van der Waals surface area (Å²) >= 11 is 3.47. The van der Waals surface area contributed by atoms with Gasteiger partial charge in [-0.05, 0) is 30.2 Å². The minimum Gasteiger partial charge on any atom is -0.304 e. The first-order chi connectivity index (χ1) is 6.47. The van der Waals surface area contributed by atoms with Crippen LogP contribution in [0.2, 0.25) is 0 Å². The van der Waals surface area contributed by atoms with Gasteiger partial charge in [0.2, 0.25) is 0 Å². The lowest BCUT2D eigenvalue weighted by atomic mass is 9.83. The average molecular weight is 258 g/mol. The van der Waals surface area contributed by atoms with Crippen LogP contribution in [-0.2, 0) is 10.3 Å². The third-order valence-electron chi connectivity index (χ3n) is 2.37. The van der Waals surface area contributed by atoms with Crippen LogP contribution < -0.4 is 5.90 Å². The van der Waals surface area contributed by atoms with Crippen molar-refractivity contribution in [1.82, 2.24) is 0 Å². The second kappa shape index (κ2) is 4.43. The normalized spacial score (nSPS) is 11.8. The standard InChI is InChI=1S/C11H16BrNO/c1-8-4-5-9(12)6-10(8)11(2,3)7-14-13/h4-6H,7,13H2,1-3H3. The second-order valence-corrected chi connectivity index (χ2v) is 5.07. The van der Waals surface area contributed by atoms with Crippen LogP contribution in [0.25, 0.3) is 0 Å². The van der Waals surface area contributed by atoms with Crippen molar-refractivity contribution in [2.24, 2.45) is 5.90 Å². The van der Waals surface area contributed by atoms with E-state index < -0.39 is 0 Å². The minimum atomic E-state index is -0.0530. The summed E-state index contributed by atoms with van der Waals surface area (Å²) in [6.45, 7) is 6.85. The maximum absolute atomic E-state index is 5.13. The molecule has 78 valence electrons. The van der Waals surface area contributed by atoms with Crippen molar-refractivity contribution >= 4 is 15.9 Å². The van der Waals surface area contributed by atoms with Crippen molar-refractivity contribution in [3.05, 3.63) is 33.8 Å². The summed E-state index contributed by atoms with van der Waals surface area (Å²) in [5, 5.41) is 0. The van der Waals surface area contributed by atoms with Crippen molar-refractivity contribution in [3.8, 4) is 0 Å². The number of aryl methyl sites for hydroxylation is 1. The van der Waals surface area contributed by atoms with Crippen molar-refractivity contribution < 1.29 is 4.84 Å². The molecule has 0 aliphatic heterocycles. The number of nitrogens with two attached hydrogens (primary N) is 1. The molecule has 0 aliphatic carbocycles. The van der Waals surface area contributed by atoms with Gasteiger partial charge in [-0.2, -0.15) is 0 Å². The lowest BCUT2D eigenvalue weighted by molar-refractivity contribution is 0.0962. The molecule has 0 aromatic heterocycles. The van der Waals surface area contributed by atoms with Crippen molar-refractivity contribution in [1.29, 1.82) is 0 Å². The van der Waals surface area contributed by atoms with Gasteiger partial charge in [-0.25, -0.2) is 5.90 Å². The molecule has 2 N–H and O–H groups in total. The van der Waals surface area contributed by atoms with Crippen molar-refractivity contribution in [2.45, 2.75) is 26.2 Å². The van der Waals surface area contributed by atoms with Gasteiger partial charge in [-0.15, -0.1) is 0 Å². The molecular formula is C11H16BrNO. The summed E-state index contributed by atoms with van der Waals surface area (Å²) < 4.78 is 1.09. The topological polar surface area (TPSA) is 35.2 Å². The van der Waals surface area contributed by atoms with Crippen LogP contribution in [0.4, 0.5) is 0 Å². The molecule has 0 saturated carbocycles. The first kappa shape index (κ1) is 11.7. The predicted molar refractivity (Wildman–Crippen MR) is 62.0 cm³/mol. The smallest absolute Gasteiger partial charge is 0.0770 e. The van der Waals surface area contributed by atoms with Crippen LogP contribution >= 0.6 is 15.9 Å². The SMILES string of the molecule is Cc1ccc(Br)cc1C(C)(C)CON. The lowest BCUT2D eigenvalue weighted by Gasteiger charge is -2.25. The molecule has 1 rings (SSSR count). The van der Waals surface area contributed by atoms with E-state index in [0.29, 0.717) is 6.61 Å². The van der Waals surface area contributed by atoms with E-state index in [1.165, 1.54) is 11.1 Å². The molecule has 0 radical (unpaired) electrons. The highest BCUT2D eigenvalue weighted by Crippen LogP contribution is 2.28. The van der Waals surface area contributed by atoms with Gasteiger partial charge in [-0.1, -0.05) is 35.8 Å². The van der Waals surface area contributed by atoms with Gasteiger partial charge in [0.15, 0.2) is 0 Å². The molecule has 2 nitrogen and oxygen atoms in total. The highest BCUT2D eigenvalue weighted by molar-refractivity contribution is 9.10. The molecule has 0 heterocycles. The summed E-state index contributed by atoms with van der Waals surface area (Å²) in [5.74, 6) is 5.13. The monoisotopic (exact) mass is 257 g/mol. The first-order valence-corrected chi connectivity index (χ1v) is 5.35. The number of hydrogen-bond acceptors (Lipinski definition) is 2. The number of halogens is 1. The number of hydrogen-bond donors (Lipinski definition) is 1. The van der Waals surface area contributed by atoms with E-state index in [1.807, 2.05) is 6.07 Å². The molecule has 1 aromatic carbocycles. The van der Waals surface area contributed by atoms with Gasteiger partial charge >= 0.3 is 0 Å². The molecular weight excluding hydrogens is 242 g/mol. The van der Waals surface area contributed by atoms with Crippen LogP contribution in [0.3, 0.4) is 0 Å². The first-order valence-electron chi connectivity index (χ1n) is 4.55. The van der Waals surface area contributed by atoms with Gasteiger partial charge < -0.3 is 4.84 Å². The molecule has 0 spiro atoms. The van der Waals surface area contributed by atoms with E-state index in [-0.39, 0.29) is 5.41 Å². The zero-order valence-electron chi connectivity index (χ0n) is 8.80. The Kier molecular flexibility index (Phi) is 3.70. The predicted octanol–water partition coefficient (Wildman–Crippen LogP) is 2.93. The van der Waals surface area contributed by atoms with E-state index >= 15 is 0 Å². The second-order valence-electron chi connectivity index (χ2n) is 4.15. The Bertz CT molecular complexity index is 323.